The molecular weight excluding hydrogens is 233 g/mol. The van der Waals surface area contributed by atoms with Gasteiger partial charge in [-0.1, -0.05) is 18.2 Å². The van der Waals surface area contributed by atoms with Gasteiger partial charge in [0.2, 0.25) is 0 Å². The van der Waals surface area contributed by atoms with Crippen LogP contribution in [-0.2, 0) is 4.79 Å². The largest absolute Gasteiger partial charge is 0.379 e. The molecule has 1 atom stereocenters. The molecule has 0 aromatic heterocycles. The van der Waals surface area contributed by atoms with Crippen molar-refractivity contribution in [2.24, 2.45) is 0 Å². The summed E-state index contributed by atoms with van der Waals surface area (Å²) in [5.41, 5.74) is 0.334. The van der Waals surface area contributed by atoms with Crippen LogP contribution in [0, 0.1) is 5.82 Å². The normalized spacial score (nSPS) is 13.6. The molecule has 0 saturated carbocycles. The molecule has 0 bridgehead atoms. The zero-order valence-corrected chi connectivity index (χ0v) is 10.8. The first-order valence-electron chi connectivity index (χ1n) is 5.72. The molecule has 4 heteroatoms. The van der Waals surface area contributed by atoms with Crippen LogP contribution in [0.5, 0.6) is 0 Å². The predicted molar refractivity (Wildman–Crippen MR) is 69.3 cm³/mol. The fraction of sp³-hybridized carbons (Fsp3) is 0.357. The van der Waals surface area contributed by atoms with E-state index >= 15 is 0 Å². The summed E-state index contributed by atoms with van der Waals surface area (Å²) < 4.78 is 12.7. The minimum absolute atomic E-state index is 0.321. The summed E-state index contributed by atoms with van der Waals surface area (Å²) in [6.07, 6.45) is 1.73. The summed E-state index contributed by atoms with van der Waals surface area (Å²) in [6, 6.07) is 5.78. The molecule has 0 fully saturated rings. The van der Waals surface area contributed by atoms with Gasteiger partial charge in [-0.15, -0.1) is 0 Å². The number of carbonyl (C=O) groups excluding carboxylic acids is 1. The number of hydrogen-bond acceptors (Lipinski definition) is 2. The summed E-state index contributed by atoms with van der Waals surface area (Å²) in [7, 11) is 0. The van der Waals surface area contributed by atoms with Gasteiger partial charge in [0.05, 0.1) is 0 Å². The van der Waals surface area contributed by atoms with Gasteiger partial charge in [0.15, 0.2) is 6.10 Å². The highest BCUT2D eigenvalue weighted by atomic mass is 19.1. The summed E-state index contributed by atoms with van der Waals surface area (Å²) in [5.74, 6) is -0.779. The molecule has 0 heterocycles. The SMILES string of the molecule is CC(C)(C)NC(=O)[C@@H](O)/C=C/c1ccc(F)cc1. The summed E-state index contributed by atoms with van der Waals surface area (Å²) in [6.45, 7) is 5.50. The van der Waals surface area contributed by atoms with Crippen LogP contribution in [0.1, 0.15) is 26.3 Å². The zero-order chi connectivity index (χ0) is 13.8. The van der Waals surface area contributed by atoms with Gasteiger partial charge in [0, 0.05) is 5.54 Å². The fourth-order valence-electron chi connectivity index (χ4n) is 1.31. The van der Waals surface area contributed by atoms with Crippen molar-refractivity contribution >= 4 is 12.0 Å². The van der Waals surface area contributed by atoms with Crippen LogP contribution in [0.3, 0.4) is 0 Å². The molecule has 3 nitrogen and oxygen atoms in total. The number of rotatable bonds is 3. The zero-order valence-electron chi connectivity index (χ0n) is 10.8. The first-order valence-corrected chi connectivity index (χ1v) is 5.72. The average Bonchev–Trinajstić information content (AvgIpc) is 2.25. The highest BCUT2D eigenvalue weighted by Gasteiger charge is 2.18. The Morgan fingerprint density at radius 2 is 1.89 bits per heavy atom. The second kappa shape index (κ2) is 5.78. The van der Waals surface area contributed by atoms with Gasteiger partial charge >= 0.3 is 0 Å². The van der Waals surface area contributed by atoms with Crippen molar-refractivity contribution < 1.29 is 14.3 Å². The third kappa shape index (κ3) is 5.10. The number of nitrogens with one attached hydrogen (secondary N) is 1. The standard InChI is InChI=1S/C14H18FNO2/c1-14(2,3)16-13(18)12(17)9-6-10-4-7-11(15)8-5-10/h4-9,12,17H,1-3H3,(H,16,18)/b9-6+/t12-/m0/s1. The maximum atomic E-state index is 12.7. The monoisotopic (exact) mass is 251 g/mol. The van der Waals surface area contributed by atoms with Crippen molar-refractivity contribution in [1.29, 1.82) is 0 Å². The molecular formula is C14H18FNO2. The number of aliphatic hydroxyl groups is 1. The third-order valence-electron chi connectivity index (χ3n) is 2.11. The van der Waals surface area contributed by atoms with E-state index in [1.54, 1.807) is 18.2 Å². The molecule has 2 N–H and O–H groups in total. The number of carbonyl (C=O) groups is 1. The van der Waals surface area contributed by atoms with Crippen molar-refractivity contribution in [3.63, 3.8) is 0 Å². The van der Waals surface area contributed by atoms with Gasteiger partial charge in [0.25, 0.3) is 5.91 Å². The molecule has 18 heavy (non-hydrogen) atoms. The Labute approximate surface area is 106 Å². The van der Waals surface area contributed by atoms with Crippen LogP contribution < -0.4 is 5.32 Å². The number of halogens is 1. The van der Waals surface area contributed by atoms with Crippen LogP contribution in [0.15, 0.2) is 30.3 Å². The average molecular weight is 251 g/mol. The van der Waals surface area contributed by atoms with Crippen molar-refractivity contribution in [3.05, 3.63) is 41.7 Å². The van der Waals surface area contributed by atoms with E-state index in [0.717, 1.165) is 5.56 Å². The lowest BCUT2D eigenvalue weighted by Gasteiger charge is -2.21. The molecule has 1 rings (SSSR count). The second-order valence-electron chi connectivity index (χ2n) is 5.09. The first-order chi connectivity index (χ1) is 8.28. The fourth-order valence-corrected chi connectivity index (χ4v) is 1.31. The summed E-state index contributed by atoms with van der Waals surface area (Å²) in [5, 5.41) is 12.3. The van der Waals surface area contributed by atoms with Crippen LogP contribution in [0.4, 0.5) is 4.39 Å². The van der Waals surface area contributed by atoms with Crippen LogP contribution in [-0.4, -0.2) is 22.7 Å². The lowest BCUT2D eigenvalue weighted by molar-refractivity contribution is -0.128. The quantitative estimate of drug-likeness (QED) is 0.864. The number of benzene rings is 1. The van der Waals surface area contributed by atoms with E-state index in [2.05, 4.69) is 5.32 Å². The molecule has 1 aromatic rings. The van der Waals surface area contributed by atoms with Crippen molar-refractivity contribution in [2.45, 2.75) is 32.4 Å². The topological polar surface area (TPSA) is 49.3 Å². The molecule has 0 unspecified atom stereocenters. The Bertz CT molecular complexity index is 432. The van der Waals surface area contributed by atoms with Gasteiger partial charge < -0.3 is 10.4 Å². The van der Waals surface area contributed by atoms with Crippen LogP contribution in [0.2, 0.25) is 0 Å². The van der Waals surface area contributed by atoms with Gasteiger partial charge in [-0.05, 0) is 44.5 Å². The van der Waals surface area contributed by atoms with E-state index in [0.29, 0.717) is 0 Å². The van der Waals surface area contributed by atoms with Crippen molar-refractivity contribution in [1.82, 2.24) is 5.32 Å². The Morgan fingerprint density at radius 1 is 1.33 bits per heavy atom. The lowest BCUT2D eigenvalue weighted by Crippen LogP contribution is -2.45. The summed E-state index contributed by atoms with van der Waals surface area (Å²) >= 11 is 0. The van der Waals surface area contributed by atoms with Crippen molar-refractivity contribution in [2.75, 3.05) is 0 Å². The maximum absolute atomic E-state index is 12.7. The number of hydrogen-bond donors (Lipinski definition) is 2. The second-order valence-corrected chi connectivity index (χ2v) is 5.09. The molecule has 0 spiro atoms. The first kappa shape index (κ1) is 14.4. The van der Waals surface area contributed by atoms with E-state index in [1.165, 1.54) is 18.2 Å². The van der Waals surface area contributed by atoms with E-state index in [1.807, 2.05) is 20.8 Å². The van der Waals surface area contributed by atoms with E-state index < -0.39 is 12.0 Å². The molecule has 1 amide bonds. The maximum Gasteiger partial charge on any atom is 0.253 e. The molecule has 98 valence electrons. The summed E-state index contributed by atoms with van der Waals surface area (Å²) in [4.78, 5) is 11.6. The van der Waals surface area contributed by atoms with Gasteiger partial charge in [0.1, 0.15) is 5.82 Å². The van der Waals surface area contributed by atoms with E-state index in [9.17, 15) is 14.3 Å². The number of aliphatic hydroxyl groups excluding tert-OH is 1. The van der Waals surface area contributed by atoms with E-state index in [4.69, 9.17) is 0 Å². The number of amides is 1. The smallest absolute Gasteiger partial charge is 0.253 e. The predicted octanol–water partition coefficient (Wildman–Crippen LogP) is 2.11. The molecule has 0 aliphatic heterocycles. The Balaban J connectivity index is 2.61. The minimum Gasteiger partial charge on any atom is -0.379 e. The van der Waals surface area contributed by atoms with Crippen LogP contribution >= 0.6 is 0 Å². The Kier molecular flexibility index (Phi) is 4.62. The van der Waals surface area contributed by atoms with Gasteiger partial charge in [-0.25, -0.2) is 4.39 Å². The molecule has 0 radical (unpaired) electrons. The van der Waals surface area contributed by atoms with Crippen LogP contribution in [0.25, 0.3) is 6.08 Å². The minimum atomic E-state index is -1.21. The van der Waals surface area contributed by atoms with E-state index in [-0.39, 0.29) is 11.4 Å². The van der Waals surface area contributed by atoms with Crippen molar-refractivity contribution in [3.8, 4) is 0 Å². The molecule has 0 saturated heterocycles. The van der Waals surface area contributed by atoms with Gasteiger partial charge in [-0.3, -0.25) is 4.79 Å². The third-order valence-corrected chi connectivity index (χ3v) is 2.11. The Morgan fingerprint density at radius 3 is 2.39 bits per heavy atom. The highest BCUT2D eigenvalue weighted by Crippen LogP contribution is 2.06. The molecule has 0 aliphatic rings. The lowest BCUT2D eigenvalue weighted by atomic mass is 10.1. The molecule has 0 aliphatic carbocycles. The van der Waals surface area contributed by atoms with Gasteiger partial charge in [-0.2, -0.15) is 0 Å². The highest BCUT2D eigenvalue weighted by molar-refractivity contribution is 5.84. The molecule has 1 aromatic carbocycles. The Hall–Kier alpha value is -1.68.